The van der Waals surface area contributed by atoms with E-state index in [1.54, 1.807) is 6.07 Å². The van der Waals surface area contributed by atoms with E-state index in [-0.39, 0.29) is 13.2 Å². The van der Waals surface area contributed by atoms with Crippen molar-refractivity contribution in [2.24, 2.45) is 0 Å². The number of aliphatic hydroxyl groups is 2. The summed E-state index contributed by atoms with van der Waals surface area (Å²) in [5.74, 6) is 1.28. The number of nitrogens with one attached hydrogen (secondary N) is 1. The van der Waals surface area contributed by atoms with Crippen molar-refractivity contribution >= 4 is 0 Å². The largest absolute Gasteiger partial charge is 0.462 e. The van der Waals surface area contributed by atoms with Crippen LogP contribution >= 0.6 is 0 Å². The van der Waals surface area contributed by atoms with Crippen molar-refractivity contribution < 1.29 is 14.6 Å². The topological polar surface area (TPSA) is 65.6 Å². The van der Waals surface area contributed by atoms with Crippen molar-refractivity contribution in [1.82, 2.24) is 5.32 Å². The van der Waals surface area contributed by atoms with E-state index in [0.29, 0.717) is 12.3 Å². The van der Waals surface area contributed by atoms with Gasteiger partial charge in [-0.05, 0) is 24.6 Å². The molecule has 0 saturated heterocycles. The smallest absolute Gasteiger partial charge is 0.129 e. The molecule has 0 aliphatic carbocycles. The molecule has 0 radical (unpaired) electrons. The van der Waals surface area contributed by atoms with E-state index < -0.39 is 5.54 Å². The van der Waals surface area contributed by atoms with Crippen LogP contribution in [-0.4, -0.2) is 16.8 Å². The monoisotopic (exact) mass is 261 g/mol. The summed E-state index contributed by atoms with van der Waals surface area (Å²) in [6, 6.07) is 13.4. The molecule has 1 aromatic carbocycles. The van der Waals surface area contributed by atoms with Gasteiger partial charge in [-0.3, -0.25) is 5.32 Å². The normalized spacial score (nSPS) is 14.3. The summed E-state index contributed by atoms with van der Waals surface area (Å²) in [7, 11) is 0. The fourth-order valence-electron chi connectivity index (χ4n) is 1.94. The zero-order chi connectivity index (χ0) is 13.7. The Morgan fingerprint density at radius 1 is 1.05 bits per heavy atom. The maximum Gasteiger partial charge on any atom is 0.129 e. The molecular formula is C15H19NO3. The van der Waals surface area contributed by atoms with Gasteiger partial charge in [-0.1, -0.05) is 30.3 Å². The molecule has 1 heterocycles. The summed E-state index contributed by atoms with van der Waals surface area (Å²) in [4.78, 5) is 0. The van der Waals surface area contributed by atoms with Crippen molar-refractivity contribution in [3.63, 3.8) is 0 Å². The summed E-state index contributed by atoms with van der Waals surface area (Å²) in [6.45, 7) is 2.32. The Bertz CT molecular complexity index is 509. The lowest BCUT2D eigenvalue weighted by Crippen LogP contribution is -2.42. The Morgan fingerprint density at radius 2 is 1.74 bits per heavy atom. The van der Waals surface area contributed by atoms with Gasteiger partial charge in [0.15, 0.2) is 0 Å². The first-order valence-corrected chi connectivity index (χ1v) is 6.28. The molecule has 0 spiro atoms. The minimum atomic E-state index is -0.520. The first kappa shape index (κ1) is 13.8. The van der Waals surface area contributed by atoms with Gasteiger partial charge in [0.05, 0.1) is 18.7 Å². The van der Waals surface area contributed by atoms with E-state index in [1.807, 2.05) is 43.3 Å². The third kappa shape index (κ3) is 3.23. The third-order valence-electron chi connectivity index (χ3n) is 3.25. The summed E-state index contributed by atoms with van der Waals surface area (Å²) in [6.07, 6.45) is 0. The summed E-state index contributed by atoms with van der Waals surface area (Å²) < 4.78 is 5.41. The highest BCUT2D eigenvalue weighted by atomic mass is 16.4. The molecule has 3 N–H and O–H groups in total. The van der Waals surface area contributed by atoms with E-state index in [1.165, 1.54) is 0 Å². The lowest BCUT2D eigenvalue weighted by atomic mass is 9.93. The minimum Gasteiger partial charge on any atom is -0.462 e. The number of hydrogen-bond donors (Lipinski definition) is 3. The Kier molecular flexibility index (Phi) is 4.37. The quantitative estimate of drug-likeness (QED) is 0.741. The molecular weight excluding hydrogens is 242 g/mol. The van der Waals surface area contributed by atoms with Crippen molar-refractivity contribution in [1.29, 1.82) is 0 Å². The lowest BCUT2D eigenvalue weighted by molar-refractivity contribution is 0.169. The van der Waals surface area contributed by atoms with Crippen LogP contribution in [0, 0.1) is 0 Å². The molecule has 0 fully saturated rings. The van der Waals surface area contributed by atoms with E-state index in [2.05, 4.69) is 5.32 Å². The first-order chi connectivity index (χ1) is 9.18. The lowest BCUT2D eigenvalue weighted by Gasteiger charge is -2.29. The van der Waals surface area contributed by atoms with Crippen LogP contribution in [0.5, 0.6) is 0 Å². The Morgan fingerprint density at radius 3 is 2.32 bits per heavy atom. The molecule has 0 bridgehead atoms. The summed E-state index contributed by atoms with van der Waals surface area (Å²) >= 11 is 0. The van der Waals surface area contributed by atoms with Crippen LogP contribution < -0.4 is 5.32 Å². The molecule has 4 heteroatoms. The third-order valence-corrected chi connectivity index (χ3v) is 3.25. The molecule has 2 aromatic rings. The van der Waals surface area contributed by atoms with Crippen molar-refractivity contribution in [3.8, 4) is 0 Å². The number of rotatable bonds is 6. The van der Waals surface area contributed by atoms with Gasteiger partial charge in [0.2, 0.25) is 0 Å². The summed E-state index contributed by atoms with van der Waals surface area (Å²) in [5.41, 5.74) is 0.499. The molecule has 1 aromatic heterocycles. The van der Waals surface area contributed by atoms with Crippen LogP contribution in [0.2, 0.25) is 0 Å². The van der Waals surface area contributed by atoms with Crippen LogP contribution in [0.1, 0.15) is 24.0 Å². The van der Waals surface area contributed by atoms with Gasteiger partial charge < -0.3 is 14.6 Å². The zero-order valence-electron chi connectivity index (χ0n) is 11.0. The van der Waals surface area contributed by atoms with Gasteiger partial charge >= 0.3 is 0 Å². The molecule has 1 atom stereocenters. The average Bonchev–Trinajstić information content (AvgIpc) is 2.94. The van der Waals surface area contributed by atoms with Crippen LogP contribution in [0.25, 0.3) is 0 Å². The molecule has 0 aliphatic heterocycles. The number of benzene rings is 1. The zero-order valence-corrected chi connectivity index (χ0v) is 11.0. The molecule has 0 amide bonds. The maximum atomic E-state index is 9.64. The van der Waals surface area contributed by atoms with Crippen molar-refractivity contribution in [2.45, 2.75) is 25.6 Å². The van der Waals surface area contributed by atoms with E-state index in [4.69, 9.17) is 9.52 Å². The second-order valence-corrected chi connectivity index (χ2v) is 4.74. The van der Waals surface area contributed by atoms with Crippen LogP contribution in [0.15, 0.2) is 46.9 Å². The van der Waals surface area contributed by atoms with Gasteiger partial charge in [0, 0.05) is 0 Å². The Labute approximate surface area is 112 Å². The highest BCUT2D eigenvalue weighted by Crippen LogP contribution is 2.20. The van der Waals surface area contributed by atoms with Gasteiger partial charge in [0.1, 0.15) is 18.1 Å². The number of hydrogen-bond acceptors (Lipinski definition) is 4. The summed E-state index contributed by atoms with van der Waals surface area (Å²) in [5, 5.41) is 21.9. The van der Waals surface area contributed by atoms with E-state index >= 15 is 0 Å². The van der Waals surface area contributed by atoms with E-state index in [9.17, 15) is 5.11 Å². The number of furan rings is 1. The standard InChI is InChI=1S/C15H19NO3/c1-15(11-18,12-5-3-2-4-6-12)16-9-13-7-8-14(10-17)19-13/h2-8,16-18H,9-11H2,1H3. The fraction of sp³-hybridized carbons (Fsp3) is 0.333. The van der Waals surface area contributed by atoms with Crippen molar-refractivity contribution in [3.05, 3.63) is 59.5 Å². The Balaban J connectivity index is 2.06. The highest BCUT2D eigenvalue weighted by Gasteiger charge is 2.25. The Hall–Kier alpha value is -1.62. The second-order valence-electron chi connectivity index (χ2n) is 4.74. The molecule has 1 unspecified atom stereocenters. The van der Waals surface area contributed by atoms with Crippen LogP contribution in [0.4, 0.5) is 0 Å². The van der Waals surface area contributed by atoms with Crippen LogP contribution in [0.3, 0.4) is 0 Å². The predicted molar refractivity (Wildman–Crippen MR) is 72.4 cm³/mol. The molecule has 102 valence electrons. The fourth-order valence-corrected chi connectivity index (χ4v) is 1.94. The van der Waals surface area contributed by atoms with Gasteiger partial charge in [0.25, 0.3) is 0 Å². The first-order valence-electron chi connectivity index (χ1n) is 6.28. The molecule has 19 heavy (non-hydrogen) atoms. The highest BCUT2D eigenvalue weighted by molar-refractivity contribution is 5.24. The molecule has 2 rings (SSSR count). The SMILES string of the molecule is CC(CO)(NCc1ccc(CO)o1)c1ccccc1. The molecule has 0 aliphatic rings. The molecule has 4 nitrogen and oxygen atoms in total. The van der Waals surface area contributed by atoms with Crippen molar-refractivity contribution in [2.75, 3.05) is 6.61 Å². The minimum absolute atomic E-state index is 0.00935. The average molecular weight is 261 g/mol. The van der Waals surface area contributed by atoms with Crippen LogP contribution in [-0.2, 0) is 18.7 Å². The second kappa shape index (κ2) is 6.02. The molecule has 0 saturated carbocycles. The van der Waals surface area contributed by atoms with Gasteiger partial charge in [-0.25, -0.2) is 0 Å². The van der Waals surface area contributed by atoms with Gasteiger partial charge in [-0.2, -0.15) is 0 Å². The number of aliphatic hydroxyl groups excluding tert-OH is 2. The van der Waals surface area contributed by atoms with Gasteiger partial charge in [-0.15, -0.1) is 0 Å². The van der Waals surface area contributed by atoms with E-state index in [0.717, 1.165) is 11.3 Å². The maximum absolute atomic E-state index is 9.64. The predicted octanol–water partition coefficient (Wildman–Crippen LogP) is 1.77.